The highest BCUT2D eigenvalue weighted by atomic mass is 31.2. The van der Waals surface area contributed by atoms with Crippen LogP contribution in [0.25, 0.3) is 0 Å². The molecule has 49 heavy (non-hydrogen) atoms. The van der Waals surface area contributed by atoms with Crippen molar-refractivity contribution in [1.82, 2.24) is 0 Å². The van der Waals surface area contributed by atoms with Crippen molar-refractivity contribution in [3.8, 4) is 11.5 Å². The second kappa shape index (κ2) is 26.1. The zero-order valence-corrected chi connectivity index (χ0v) is 34.0. The summed E-state index contributed by atoms with van der Waals surface area (Å²) >= 11 is 0. The van der Waals surface area contributed by atoms with Crippen molar-refractivity contribution in [1.29, 1.82) is 0 Å². The summed E-state index contributed by atoms with van der Waals surface area (Å²) in [6.07, 6.45) is 26.4. The Kier molecular flexibility index (Phi) is 23.1. The van der Waals surface area contributed by atoms with Crippen LogP contribution in [0.3, 0.4) is 0 Å². The van der Waals surface area contributed by atoms with E-state index in [4.69, 9.17) is 13.6 Å². The standard InChI is InChI=1S/C44H75O4P/c1-8-15-22-23-24-25-36-46-49(45,47-43-34-32-37(26-16-9-2)39(28-18-11-4)41(43)30-20-13-6)48-44-35-33-38(27-17-10-3)40(29-19-12-5)42(44)31-21-14-7/h32-35H,8-31,36H2,1-7H3. The molecule has 0 spiro atoms. The molecule has 0 bridgehead atoms. The number of phosphoric ester groups is 1. The van der Waals surface area contributed by atoms with Gasteiger partial charge in [0.05, 0.1) is 6.61 Å². The largest absolute Gasteiger partial charge is 0.587 e. The second-order valence-corrected chi connectivity index (χ2v) is 15.7. The molecule has 0 amide bonds. The van der Waals surface area contributed by atoms with Crippen LogP contribution < -0.4 is 9.05 Å². The minimum Gasteiger partial charge on any atom is -0.395 e. The van der Waals surface area contributed by atoms with Crippen LogP contribution in [-0.4, -0.2) is 6.61 Å². The van der Waals surface area contributed by atoms with Gasteiger partial charge in [-0.15, -0.1) is 0 Å². The Labute approximate surface area is 303 Å². The van der Waals surface area contributed by atoms with E-state index in [1.165, 1.54) is 84.7 Å². The first kappa shape index (κ1) is 43.4. The fraction of sp³-hybridized carbons (Fsp3) is 0.727. The summed E-state index contributed by atoms with van der Waals surface area (Å²) in [6, 6.07) is 8.57. The molecule has 0 aliphatic heterocycles. The Morgan fingerprint density at radius 2 is 0.755 bits per heavy atom. The molecule has 0 aliphatic carbocycles. The van der Waals surface area contributed by atoms with Crippen LogP contribution in [0.4, 0.5) is 0 Å². The summed E-state index contributed by atoms with van der Waals surface area (Å²) in [4.78, 5) is 0. The first-order chi connectivity index (χ1) is 23.9. The van der Waals surface area contributed by atoms with Gasteiger partial charge in [0.25, 0.3) is 0 Å². The van der Waals surface area contributed by atoms with Crippen molar-refractivity contribution < 1.29 is 18.1 Å². The third-order valence-corrected chi connectivity index (χ3v) is 11.2. The highest BCUT2D eigenvalue weighted by Crippen LogP contribution is 2.52. The lowest BCUT2D eigenvalue weighted by Crippen LogP contribution is -2.12. The molecule has 0 radical (unpaired) electrons. The van der Waals surface area contributed by atoms with Gasteiger partial charge in [0.1, 0.15) is 11.5 Å². The molecule has 280 valence electrons. The van der Waals surface area contributed by atoms with E-state index in [0.29, 0.717) is 18.1 Å². The molecule has 4 nitrogen and oxygen atoms in total. The zero-order chi connectivity index (χ0) is 35.7. The summed E-state index contributed by atoms with van der Waals surface area (Å²) in [5, 5.41) is 0. The number of hydrogen-bond donors (Lipinski definition) is 0. The third-order valence-electron chi connectivity index (χ3n) is 9.86. The van der Waals surface area contributed by atoms with E-state index in [0.717, 1.165) is 103 Å². The normalized spacial score (nSPS) is 11.7. The van der Waals surface area contributed by atoms with Crippen molar-refractivity contribution in [3.05, 3.63) is 57.6 Å². The van der Waals surface area contributed by atoms with E-state index in [1.807, 2.05) is 0 Å². The van der Waals surface area contributed by atoms with Gasteiger partial charge in [-0.1, -0.05) is 131 Å². The zero-order valence-electron chi connectivity index (χ0n) is 33.1. The van der Waals surface area contributed by atoms with E-state index in [2.05, 4.69) is 72.7 Å². The summed E-state index contributed by atoms with van der Waals surface area (Å²) < 4.78 is 34.6. The number of aryl methyl sites for hydroxylation is 2. The molecule has 0 aromatic heterocycles. The fourth-order valence-electron chi connectivity index (χ4n) is 6.77. The van der Waals surface area contributed by atoms with Crippen molar-refractivity contribution in [2.75, 3.05) is 6.61 Å². The Morgan fingerprint density at radius 3 is 1.16 bits per heavy atom. The van der Waals surface area contributed by atoms with Crippen molar-refractivity contribution >= 4 is 7.82 Å². The van der Waals surface area contributed by atoms with Gasteiger partial charge in [-0.2, -0.15) is 0 Å². The van der Waals surface area contributed by atoms with Crippen LogP contribution in [0.2, 0.25) is 0 Å². The average molecular weight is 699 g/mol. The molecule has 2 rings (SSSR count). The maximum Gasteiger partial charge on any atom is 0.587 e. The SMILES string of the molecule is CCCCCCCCOP(=O)(Oc1ccc(CCCC)c(CCCC)c1CCCC)Oc1ccc(CCCC)c(CCCC)c1CCCC. The summed E-state index contributed by atoms with van der Waals surface area (Å²) in [6.45, 7) is 16.1. The first-order valence-corrected chi connectivity index (χ1v) is 22.3. The lowest BCUT2D eigenvalue weighted by molar-refractivity contribution is 0.204. The Bertz CT molecular complexity index is 1120. The molecule has 2 aromatic rings. The van der Waals surface area contributed by atoms with Gasteiger partial charge in [0, 0.05) is 0 Å². The predicted octanol–water partition coefficient (Wildman–Crippen LogP) is 14.7. The second-order valence-electron chi connectivity index (χ2n) is 14.2. The fourth-order valence-corrected chi connectivity index (χ4v) is 8.09. The number of phosphoric acid groups is 1. The van der Waals surface area contributed by atoms with E-state index in [-0.39, 0.29) is 0 Å². The van der Waals surface area contributed by atoms with Crippen molar-refractivity contribution in [2.24, 2.45) is 0 Å². The van der Waals surface area contributed by atoms with Crippen LogP contribution >= 0.6 is 7.82 Å². The van der Waals surface area contributed by atoms with Gasteiger partial charge in [0.15, 0.2) is 0 Å². The van der Waals surface area contributed by atoms with E-state index in [9.17, 15) is 0 Å². The highest BCUT2D eigenvalue weighted by molar-refractivity contribution is 7.49. The van der Waals surface area contributed by atoms with Gasteiger partial charge in [-0.05, 0) is 129 Å². The Hall–Kier alpha value is -1.77. The number of benzene rings is 2. The topological polar surface area (TPSA) is 44.8 Å². The molecule has 0 unspecified atom stereocenters. The van der Waals surface area contributed by atoms with Crippen molar-refractivity contribution in [3.63, 3.8) is 0 Å². The van der Waals surface area contributed by atoms with Gasteiger partial charge in [-0.3, -0.25) is 4.52 Å². The Balaban J connectivity index is 2.62. The molecule has 2 aromatic carbocycles. The van der Waals surface area contributed by atoms with E-state index in [1.54, 1.807) is 0 Å². The number of hydrogen-bond acceptors (Lipinski definition) is 4. The maximum absolute atomic E-state index is 15.0. The molecule has 0 fully saturated rings. The molecular weight excluding hydrogens is 623 g/mol. The van der Waals surface area contributed by atoms with Gasteiger partial charge >= 0.3 is 7.82 Å². The van der Waals surface area contributed by atoms with Crippen molar-refractivity contribution in [2.45, 2.75) is 203 Å². The summed E-state index contributed by atoms with van der Waals surface area (Å²) in [5.74, 6) is 1.37. The molecule has 0 heterocycles. The van der Waals surface area contributed by atoms with E-state index < -0.39 is 7.82 Å². The molecule has 0 saturated heterocycles. The smallest absolute Gasteiger partial charge is 0.395 e. The van der Waals surface area contributed by atoms with Crippen LogP contribution in [0.5, 0.6) is 11.5 Å². The molecule has 0 aliphatic rings. The maximum atomic E-state index is 15.0. The van der Waals surface area contributed by atoms with Gasteiger partial charge in [0.2, 0.25) is 0 Å². The molecule has 0 N–H and O–H groups in total. The minimum absolute atomic E-state index is 0.368. The quantitative estimate of drug-likeness (QED) is 0.0602. The minimum atomic E-state index is -4.01. The summed E-state index contributed by atoms with van der Waals surface area (Å²) in [7, 11) is -4.01. The van der Waals surface area contributed by atoms with Crippen LogP contribution in [0.1, 0.15) is 197 Å². The first-order valence-electron chi connectivity index (χ1n) is 20.8. The van der Waals surface area contributed by atoms with Gasteiger partial charge in [-0.25, -0.2) is 4.57 Å². The molecule has 5 heteroatoms. The third kappa shape index (κ3) is 15.6. The number of rotatable bonds is 30. The van der Waals surface area contributed by atoms with Crippen LogP contribution in [-0.2, 0) is 47.6 Å². The molecule has 0 saturated carbocycles. The van der Waals surface area contributed by atoms with Gasteiger partial charge < -0.3 is 9.05 Å². The van der Waals surface area contributed by atoms with E-state index >= 15 is 4.57 Å². The highest BCUT2D eigenvalue weighted by Gasteiger charge is 2.34. The number of unbranched alkanes of at least 4 members (excludes halogenated alkanes) is 11. The Morgan fingerprint density at radius 1 is 0.408 bits per heavy atom. The lowest BCUT2D eigenvalue weighted by atomic mass is 9.90. The molecular formula is C44H75O4P. The predicted molar refractivity (Wildman–Crippen MR) is 213 cm³/mol. The molecule has 0 atom stereocenters. The summed E-state index contributed by atoms with van der Waals surface area (Å²) in [5.41, 5.74) is 8.05. The average Bonchev–Trinajstić information content (AvgIpc) is 3.10. The van der Waals surface area contributed by atoms with Crippen LogP contribution in [0.15, 0.2) is 24.3 Å². The lowest BCUT2D eigenvalue weighted by Gasteiger charge is -2.25. The monoisotopic (exact) mass is 699 g/mol. The van der Waals surface area contributed by atoms with Crippen LogP contribution in [0, 0.1) is 0 Å².